The SMILES string of the molecule is O=C(CSC1CC(=O)N(c2cccc(Cl)c2)C1=O)Nc1ccc(Br)cc1. The van der Waals surface area contributed by atoms with Crippen LogP contribution in [-0.2, 0) is 14.4 Å². The number of carbonyl (C=O) groups excluding carboxylic acids is 3. The number of amides is 3. The standard InChI is InChI=1S/C18H14BrClN2O3S/c19-11-4-6-13(7-5-11)21-16(23)10-26-15-9-17(24)22(18(15)25)14-3-1-2-12(20)8-14/h1-8,15H,9-10H2,(H,21,23). The second-order valence-electron chi connectivity index (χ2n) is 5.61. The van der Waals surface area contributed by atoms with E-state index in [1.54, 1.807) is 36.4 Å². The Morgan fingerprint density at radius 1 is 1.23 bits per heavy atom. The minimum Gasteiger partial charge on any atom is -0.325 e. The molecule has 1 heterocycles. The Morgan fingerprint density at radius 2 is 1.96 bits per heavy atom. The average Bonchev–Trinajstić information content (AvgIpc) is 2.89. The summed E-state index contributed by atoms with van der Waals surface area (Å²) in [5, 5.41) is 2.64. The maximum atomic E-state index is 12.5. The summed E-state index contributed by atoms with van der Waals surface area (Å²) in [6.45, 7) is 0. The summed E-state index contributed by atoms with van der Waals surface area (Å²) in [5.41, 5.74) is 1.13. The fourth-order valence-electron chi connectivity index (χ4n) is 2.53. The molecule has 1 aliphatic rings. The lowest BCUT2D eigenvalue weighted by molar-refractivity contribution is -0.121. The number of rotatable bonds is 5. The maximum Gasteiger partial charge on any atom is 0.247 e. The first-order valence-corrected chi connectivity index (χ1v) is 9.95. The fraction of sp³-hybridized carbons (Fsp3) is 0.167. The van der Waals surface area contributed by atoms with Crippen molar-refractivity contribution < 1.29 is 14.4 Å². The zero-order chi connectivity index (χ0) is 18.7. The molecular formula is C18H14BrClN2O3S. The lowest BCUT2D eigenvalue weighted by atomic mass is 10.3. The molecule has 1 aliphatic heterocycles. The van der Waals surface area contributed by atoms with Gasteiger partial charge in [0.15, 0.2) is 0 Å². The first-order chi connectivity index (χ1) is 12.4. The van der Waals surface area contributed by atoms with Crippen LogP contribution in [0.25, 0.3) is 0 Å². The Hall–Kier alpha value is -1.83. The molecule has 8 heteroatoms. The van der Waals surface area contributed by atoms with Gasteiger partial charge < -0.3 is 5.32 Å². The van der Waals surface area contributed by atoms with Gasteiger partial charge in [-0.3, -0.25) is 14.4 Å². The van der Waals surface area contributed by atoms with Gasteiger partial charge in [0.25, 0.3) is 0 Å². The topological polar surface area (TPSA) is 66.5 Å². The summed E-state index contributed by atoms with van der Waals surface area (Å²) in [4.78, 5) is 38.0. The van der Waals surface area contributed by atoms with E-state index in [9.17, 15) is 14.4 Å². The summed E-state index contributed by atoms with van der Waals surface area (Å²) in [5.74, 6) is -0.746. The van der Waals surface area contributed by atoms with Crippen LogP contribution in [-0.4, -0.2) is 28.7 Å². The van der Waals surface area contributed by atoms with Crippen LogP contribution in [0.5, 0.6) is 0 Å². The molecule has 0 bridgehead atoms. The van der Waals surface area contributed by atoms with E-state index in [1.807, 2.05) is 12.1 Å². The van der Waals surface area contributed by atoms with E-state index in [4.69, 9.17) is 11.6 Å². The number of benzene rings is 2. The molecule has 0 aliphatic carbocycles. The second-order valence-corrected chi connectivity index (χ2v) is 8.15. The first-order valence-electron chi connectivity index (χ1n) is 7.73. The highest BCUT2D eigenvalue weighted by atomic mass is 79.9. The van der Waals surface area contributed by atoms with Gasteiger partial charge in [-0.2, -0.15) is 0 Å². The van der Waals surface area contributed by atoms with Gasteiger partial charge in [0.2, 0.25) is 17.7 Å². The zero-order valence-electron chi connectivity index (χ0n) is 13.4. The molecule has 1 saturated heterocycles. The smallest absolute Gasteiger partial charge is 0.247 e. The van der Waals surface area contributed by atoms with Gasteiger partial charge in [-0.15, -0.1) is 11.8 Å². The molecule has 2 aromatic rings. The number of halogens is 2. The van der Waals surface area contributed by atoms with E-state index >= 15 is 0 Å². The molecule has 0 spiro atoms. The molecule has 0 aromatic heterocycles. The Labute approximate surface area is 168 Å². The Balaban J connectivity index is 1.59. The number of carbonyl (C=O) groups is 3. The molecule has 0 saturated carbocycles. The monoisotopic (exact) mass is 452 g/mol. The van der Waals surface area contributed by atoms with Crippen molar-refractivity contribution >= 4 is 68.4 Å². The van der Waals surface area contributed by atoms with Crippen molar-refractivity contribution in [1.82, 2.24) is 0 Å². The van der Waals surface area contributed by atoms with Crippen molar-refractivity contribution in [2.24, 2.45) is 0 Å². The normalized spacial score (nSPS) is 16.8. The van der Waals surface area contributed by atoms with Gasteiger partial charge in [0, 0.05) is 21.6 Å². The molecule has 3 amide bonds. The van der Waals surface area contributed by atoms with Crippen molar-refractivity contribution in [3.8, 4) is 0 Å². The minimum atomic E-state index is -0.572. The van der Waals surface area contributed by atoms with Crippen LogP contribution in [0.15, 0.2) is 53.0 Å². The van der Waals surface area contributed by atoms with Crippen LogP contribution < -0.4 is 10.2 Å². The van der Waals surface area contributed by atoms with Crippen molar-refractivity contribution in [1.29, 1.82) is 0 Å². The highest BCUT2D eigenvalue weighted by Crippen LogP contribution is 2.30. The summed E-state index contributed by atoms with van der Waals surface area (Å²) in [6.07, 6.45) is 0.0710. The molecule has 1 N–H and O–H groups in total. The van der Waals surface area contributed by atoms with Gasteiger partial charge in [-0.1, -0.05) is 33.6 Å². The van der Waals surface area contributed by atoms with Gasteiger partial charge in [0.05, 0.1) is 16.7 Å². The number of anilines is 2. The third kappa shape index (κ3) is 4.47. The van der Waals surface area contributed by atoms with Crippen LogP contribution in [0.2, 0.25) is 5.02 Å². The third-order valence-corrected chi connectivity index (χ3v) is 5.68. The maximum absolute atomic E-state index is 12.5. The first kappa shape index (κ1) is 18.9. The average molecular weight is 454 g/mol. The van der Waals surface area contributed by atoms with Gasteiger partial charge in [-0.05, 0) is 42.5 Å². The highest BCUT2D eigenvalue weighted by molar-refractivity contribution is 9.10. The minimum absolute atomic E-state index is 0.0710. The van der Waals surface area contributed by atoms with Crippen LogP contribution in [0.4, 0.5) is 11.4 Å². The molecule has 26 heavy (non-hydrogen) atoms. The lowest BCUT2D eigenvalue weighted by Gasteiger charge is -2.15. The predicted molar refractivity (Wildman–Crippen MR) is 108 cm³/mol. The van der Waals surface area contributed by atoms with E-state index in [1.165, 1.54) is 0 Å². The summed E-state index contributed by atoms with van der Waals surface area (Å²) in [7, 11) is 0. The van der Waals surface area contributed by atoms with E-state index < -0.39 is 5.25 Å². The summed E-state index contributed by atoms with van der Waals surface area (Å²) >= 11 is 10.4. The van der Waals surface area contributed by atoms with Crippen molar-refractivity contribution in [3.63, 3.8) is 0 Å². The molecule has 1 fully saturated rings. The van der Waals surface area contributed by atoms with Crippen LogP contribution in [0.1, 0.15) is 6.42 Å². The zero-order valence-corrected chi connectivity index (χ0v) is 16.6. The number of nitrogens with zero attached hydrogens (tertiary/aromatic N) is 1. The quantitative estimate of drug-likeness (QED) is 0.692. The highest BCUT2D eigenvalue weighted by Gasteiger charge is 2.40. The van der Waals surface area contributed by atoms with Crippen molar-refractivity contribution in [2.45, 2.75) is 11.7 Å². The van der Waals surface area contributed by atoms with E-state index in [-0.39, 0.29) is 29.9 Å². The number of thioether (sulfide) groups is 1. The van der Waals surface area contributed by atoms with E-state index in [0.29, 0.717) is 16.4 Å². The number of hydrogen-bond acceptors (Lipinski definition) is 4. The summed E-state index contributed by atoms with van der Waals surface area (Å²) in [6, 6.07) is 13.8. The van der Waals surface area contributed by atoms with Crippen molar-refractivity contribution in [3.05, 3.63) is 58.0 Å². The molecule has 1 atom stereocenters. The number of imide groups is 1. The van der Waals surface area contributed by atoms with Crippen LogP contribution in [0.3, 0.4) is 0 Å². The molecular weight excluding hydrogens is 440 g/mol. The molecule has 3 rings (SSSR count). The molecule has 5 nitrogen and oxygen atoms in total. The van der Waals surface area contributed by atoms with Crippen LogP contribution >= 0.6 is 39.3 Å². The van der Waals surface area contributed by atoms with Gasteiger partial charge >= 0.3 is 0 Å². The van der Waals surface area contributed by atoms with Gasteiger partial charge in [-0.25, -0.2) is 4.90 Å². The molecule has 1 unspecified atom stereocenters. The third-order valence-electron chi connectivity index (χ3n) is 3.72. The fourth-order valence-corrected chi connectivity index (χ4v) is 3.91. The predicted octanol–water partition coefficient (Wildman–Crippen LogP) is 4.11. The summed E-state index contributed by atoms with van der Waals surface area (Å²) < 4.78 is 0.918. The Kier molecular flexibility index (Phi) is 6.01. The molecule has 0 radical (unpaired) electrons. The van der Waals surface area contributed by atoms with E-state index in [0.717, 1.165) is 21.1 Å². The van der Waals surface area contributed by atoms with E-state index in [2.05, 4.69) is 21.2 Å². The molecule has 134 valence electrons. The second kappa shape index (κ2) is 8.24. The number of nitrogens with one attached hydrogen (secondary N) is 1. The lowest BCUT2D eigenvalue weighted by Crippen LogP contribution is -2.31. The molecule has 2 aromatic carbocycles. The Morgan fingerprint density at radius 3 is 2.65 bits per heavy atom. The Bertz CT molecular complexity index is 860. The largest absolute Gasteiger partial charge is 0.325 e. The van der Waals surface area contributed by atoms with Crippen molar-refractivity contribution in [2.75, 3.05) is 16.0 Å². The van der Waals surface area contributed by atoms with Crippen LogP contribution in [0, 0.1) is 0 Å². The number of hydrogen-bond donors (Lipinski definition) is 1. The van der Waals surface area contributed by atoms with Gasteiger partial charge in [0.1, 0.15) is 0 Å².